The molecule has 128 valence electrons. The highest BCUT2D eigenvalue weighted by Crippen LogP contribution is 2.13. The van der Waals surface area contributed by atoms with Gasteiger partial charge in [-0.2, -0.15) is 0 Å². The molecule has 0 bridgehead atoms. The van der Waals surface area contributed by atoms with Crippen LogP contribution in [0.2, 0.25) is 0 Å². The van der Waals surface area contributed by atoms with Gasteiger partial charge in [-0.15, -0.1) is 0 Å². The van der Waals surface area contributed by atoms with E-state index in [1.807, 2.05) is 32.9 Å². The smallest absolute Gasteiger partial charge is 0.270 e. The van der Waals surface area contributed by atoms with Crippen molar-refractivity contribution in [3.63, 3.8) is 0 Å². The van der Waals surface area contributed by atoms with Crippen molar-refractivity contribution in [3.05, 3.63) is 53.3 Å². The summed E-state index contributed by atoms with van der Waals surface area (Å²) in [5.74, 6) is 0.188. The van der Waals surface area contributed by atoms with Gasteiger partial charge in [0.25, 0.3) is 11.8 Å². The van der Waals surface area contributed by atoms with Crippen LogP contribution in [0.25, 0.3) is 0 Å². The Morgan fingerprint density at radius 1 is 1.04 bits per heavy atom. The van der Waals surface area contributed by atoms with Crippen LogP contribution in [0.3, 0.4) is 0 Å². The first-order valence-corrected chi connectivity index (χ1v) is 7.97. The van der Waals surface area contributed by atoms with E-state index in [0.29, 0.717) is 17.9 Å². The van der Waals surface area contributed by atoms with E-state index in [4.69, 9.17) is 4.74 Å². The molecular weight excluding hydrogens is 306 g/mol. The summed E-state index contributed by atoms with van der Waals surface area (Å²) >= 11 is 0. The second-order valence-electron chi connectivity index (χ2n) is 5.56. The fourth-order valence-corrected chi connectivity index (χ4v) is 2.18. The van der Waals surface area contributed by atoms with Gasteiger partial charge in [0.1, 0.15) is 5.75 Å². The average molecular weight is 329 g/mol. The number of carbonyl (C=O) groups excluding carboxylic acids is 2. The van der Waals surface area contributed by atoms with Crippen molar-refractivity contribution in [1.82, 2.24) is 9.99 Å². The zero-order valence-electron chi connectivity index (χ0n) is 14.3. The van der Waals surface area contributed by atoms with E-state index < -0.39 is 0 Å². The Morgan fingerprint density at radius 2 is 1.67 bits per heavy atom. The van der Waals surface area contributed by atoms with Crippen LogP contribution in [-0.4, -0.2) is 29.6 Å². The minimum Gasteiger partial charge on any atom is -0.484 e. The molecule has 0 unspecified atom stereocenters. The number of aromatic nitrogens is 1. The number of nitrogens with zero attached hydrogens (tertiary/aromatic N) is 1. The van der Waals surface area contributed by atoms with Crippen LogP contribution < -0.4 is 15.5 Å². The van der Waals surface area contributed by atoms with Crippen molar-refractivity contribution in [2.45, 2.75) is 27.2 Å². The molecule has 2 aromatic rings. The molecule has 1 aromatic heterocycles. The second-order valence-corrected chi connectivity index (χ2v) is 5.56. The number of nitrogens with one attached hydrogen (secondary N) is 2. The molecule has 0 aliphatic rings. The Kier molecular flexibility index (Phi) is 6.01. The normalized spacial score (nSPS) is 10.3. The van der Waals surface area contributed by atoms with E-state index in [-0.39, 0.29) is 18.4 Å². The van der Waals surface area contributed by atoms with E-state index >= 15 is 0 Å². The van der Waals surface area contributed by atoms with Gasteiger partial charge in [0.05, 0.1) is 0 Å². The Balaban J connectivity index is 1.91. The number of ether oxygens (including phenoxy) is 1. The summed E-state index contributed by atoms with van der Waals surface area (Å²) in [6.45, 7) is 6.44. The zero-order valence-corrected chi connectivity index (χ0v) is 14.3. The summed E-state index contributed by atoms with van der Waals surface area (Å²) in [5.41, 5.74) is 5.27. The predicted octanol–water partition coefficient (Wildman–Crippen LogP) is 2.39. The zero-order chi connectivity index (χ0) is 17.5. The fraction of sp³-hybridized carbons (Fsp3) is 0.333. The van der Waals surface area contributed by atoms with Gasteiger partial charge in [-0.25, -0.2) is 0 Å². The third-order valence-corrected chi connectivity index (χ3v) is 3.54. The molecule has 0 fully saturated rings. The van der Waals surface area contributed by atoms with E-state index in [0.717, 1.165) is 17.8 Å². The van der Waals surface area contributed by atoms with Crippen LogP contribution >= 0.6 is 0 Å². The molecule has 2 rings (SSSR count). The third-order valence-electron chi connectivity index (χ3n) is 3.54. The Morgan fingerprint density at radius 3 is 2.25 bits per heavy atom. The molecule has 1 aromatic carbocycles. The molecule has 0 aliphatic heterocycles. The van der Waals surface area contributed by atoms with Crippen molar-refractivity contribution < 1.29 is 14.3 Å². The van der Waals surface area contributed by atoms with Crippen molar-refractivity contribution in [2.24, 2.45) is 0 Å². The van der Waals surface area contributed by atoms with Gasteiger partial charge in [0.2, 0.25) is 0 Å². The van der Waals surface area contributed by atoms with Crippen LogP contribution in [0.1, 0.15) is 35.1 Å². The summed E-state index contributed by atoms with van der Waals surface area (Å²) in [7, 11) is 0. The third kappa shape index (κ3) is 4.62. The fourth-order valence-electron chi connectivity index (χ4n) is 2.18. The van der Waals surface area contributed by atoms with Crippen molar-refractivity contribution in [3.8, 4) is 5.75 Å². The molecule has 6 nitrogen and oxygen atoms in total. The molecule has 0 spiro atoms. The Labute approximate surface area is 141 Å². The molecule has 0 radical (unpaired) electrons. The highest BCUT2D eigenvalue weighted by atomic mass is 16.5. The minimum absolute atomic E-state index is 0.0344. The van der Waals surface area contributed by atoms with Gasteiger partial charge < -0.3 is 10.1 Å². The maximum absolute atomic E-state index is 12.3. The number of hydrogen-bond donors (Lipinski definition) is 2. The number of aryl methyl sites for hydroxylation is 2. The van der Waals surface area contributed by atoms with Crippen LogP contribution in [-0.2, 0) is 4.79 Å². The predicted molar refractivity (Wildman–Crippen MR) is 92.8 cm³/mol. The van der Waals surface area contributed by atoms with Crippen LogP contribution in [0.15, 0.2) is 36.4 Å². The first-order chi connectivity index (χ1) is 11.5. The van der Waals surface area contributed by atoms with Gasteiger partial charge in [0.15, 0.2) is 6.61 Å². The number of hydrogen-bond acceptors (Lipinski definition) is 3. The van der Waals surface area contributed by atoms with Gasteiger partial charge in [-0.3, -0.25) is 19.7 Å². The van der Waals surface area contributed by atoms with Gasteiger partial charge in [0, 0.05) is 23.5 Å². The SMILES string of the molecule is CCCNC(=O)COc1ccc(C(=O)Nn2c(C)ccc2C)cc1. The highest BCUT2D eigenvalue weighted by Gasteiger charge is 2.09. The molecule has 0 aliphatic carbocycles. The summed E-state index contributed by atoms with van der Waals surface area (Å²) in [5, 5.41) is 2.74. The van der Waals surface area contributed by atoms with E-state index in [1.165, 1.54) is 0 Å². The van der Waals surface area contributed by atoms with Crippen LogP contribution in [0.4, 0.5) is 0 Å². The molecule has 2 amide bonds. The summed E-state index contributed by atoms with van der Waals surface area (Å²) in [6, 6.07) is 10.6. The van der Waals surface area contributed by atoms with Crippen molar-refractivity contribution >= 4 is 11.8 Å². The molecule has 6 heteroatoms. The lowest BCUT2D eigenvalue weighted by Crippen LogP contribution is -2.29. The molecular formula is C18H23N3O3. The first-order valence-electron chi connectivity index (χ1n) is 7.97. The van der Waals surface area contributed by atoms with Crippen LogP contribution in [0.5, 0.6) is 5.75 Å². The highest BCUT2D eigenvalue weighted by molar-refractivity contribution is 6.00. The molecule has 2 N–H and O–H groups in total. The standard InChI is InChI=1S/C18H23N3O3/c1-4-11-19-17(22)12-24-16-9-7-15(8-10-16)18(23)20-21-13(2)5-6-14(21)3/h5-10H,4,11-12H2,1-3H3,(H,19,22)(H,20,23). The topological polar surface area (TPSA) is 72.4 Å². The van der Waals surface area contributed by atoms with Gasteiger partial charge in [-0.05, 0) is 56.7 Å². The monoisotopic (exact) mass is 329 g/mol. The molecule has 24 heavy (non-hydrogen) atoms. The molecule has 0 saturated heterocycles. The summed E-state index contributed by atoms with van der Waals surface area (Å²) in [4.78, 5) is 23.8. The number of benzene rings is 1. The molecule has 1 heterocycles. The first kappa shape index (κ1) is 17.6. The lowest BCUT2D eigenvalue weighted by molar-refractivity contribution is -0.123. The maximum atomic E-state index is 12.3. The minimum atomic E-state index is -0.204. The number of amides is 2. The Bertz CT molecular complexity index is 685. The van der Waals surface area contributed by atoms with E-state index in [1.54, 1.807) is 28.9 Å². The van der Waals surface area contributed by atoms with Crippen molar-refractivity contribution in [2.75, 3.05) is 18.6 Å². The number of rotatable bonds is 7. The lowest BCUT2D eigenvalue weighted by atomic mass is 10.2. The van der Waals surface area contributed by atoms with Gasteiger partial charge >= 0.3 is 0 Å². The average Bonchev–Trinajstić information content (AvgIpc) is 2.90. The Hall–Kier alpha value is -2.76. The molecule has 0 saturated carbocycles. The maximum Gasteiger partial charge on any atom is 0.270 e. The molecule has 0 atom stereocenters. The lowest BCUT2D eigenvalue weighted by Gasteiger charge is -2.12. The quantitative estimate of drug-likeness (QED) is 0.819. The van der Waals surface area contributed by atoms with Crippen LogP contribution in [0, 0.1) is 13.8 Å². The van der Waals surface area contributed by atoms with Crippen molar-refractivity contribution in [1.29, 1.82) is 0 Å². The van der Waals surface area contributed by atoms with E-state index in [9.17, 15) is 9.59 Å². The number of carbonyl (C=O) groups is 2. The second kappa shape index (κ2) is 8.19. The van der Waals surface area contributed by atoms with Gasteiger partial charge in [-0.1, -0.05) is 6.92 Å². The summed E-state index contributed by atoms with van der Waals surface area (Å²) < 4.78 is 7.14. The largest absolute Gasteiger partial charge is 0.484 e. The van der Waals surface area contributed by atoms with E-state index in [2.05, 4.69) is 10.7 Å². The summed E-state index contributed by atoms with van der Waals surface area (Å²) in [6.07, 6.45) is 0.885.